The summed E-state index contributed by atoms with van der Waals surface area (Å²) in [6.07, 6.45) is 3.05. The lowest BCUT2D eigenvalue weighted by Crippen LogP contribution is -1.96. The summed E-state index contributed by atoms with van der Waals surface area (Å²) >= 11 is 0. The average molecular weight is 162 g/mol. The molecule has 0 aliphatic heterocycles. The van der Waals surface area contributed by atoms with E-state index in [1.165, 1.54) is 12.8 Å². The molecule has 0 aliphatic carbocycles. The van der Waals surface area contributed by atoms with Gasteiger partial charge in [0.2, 0.25) is 0 Å². The molecule has 60 valence electrons. The molecule has 0 atom stereocenters. The largest absolute Gasteiger partial charge is 0.318 e. The molecule has 1 aromatic rings. The molecule has 1 aromatic carbocycles. The van der Waals surface area contributed by atoms with Crippen molar-refractivity contribution in [3.63, 3.8) is 0 Å². The first-order valence-corrected chi connectivity index (χ1v) is 3.23. The summed E-state index contributed by atoms with van der Waals surface area (Å²) in [4.78, 5) is 19.8. The maximum absolute atomic E-state index is 9.91. The minimum absolute atomic E-state index is 0.574. The fourth-order valence-corrected chi connectivity index (χ4v) is 0.793. The van der Waals surface area contributed by atoms with E-state index >= 15 is 0 Å². The first-order chi connectivity index (χ1) is 5.86. The van der Waals surface area contributed by atoms with Crippen molar-refractivity contribution in [1.29, 1.82) is 0 Å². The highest BCUT2D eigenvalue weighted by Gasteiger charge is 1.92. The summed E-state index contributed by atoms with van der Waals surface area (Å²) in [7, 11) is 0. The summed E-state index contributed by atoms with van der Waals surface area (Å²) in [6.45, 7) is 0. The van der Waals surface area contributed by atoms with Crippen LogP contribution in [0, 0.1) is 0 Å². The van der Waals surface area contributed by atoms with Crippen LogP contribution in [0.3, 0.4) is 0 Å². The van der Waals surface area contributed by atoms with Crippen LogP contribution in [0.15, 0.2) is 24.3 Å². The molecule has 0 spiro atoms. The Morgan fingerprint density at radius 2 is 1.50 bits per heavy atom. The SMILES string of the molecule is O=[C]Nc1cccc(N[C]=O)c1. The second kappa shape index (κ2) is 4.12. The lowest BCUT2D eigenvalue weighted by Gasteiger charge is -2.00. The molecule has 0 unspecified atom stereocenters. The summed E-state index contributed by atoms with van der Waals surface area (Å²) in [6, 6.07) is 6.65. The fourth-order valence-electron chi connectivity index (χ4n) is 0.793. The maximum Gasteiger partial charge on any atom is 0.314 e. The van der Waals surface area contributed by atoms with Crippen molar-refractivity contribution in [3.8, 4) is 0 Å². The first-order valence-electron chi connectivity index (χ1n) is 3.23. The molecule has 0 aromatic heterocycles. The van der Waals surface area contributed by atoms with Gasteiger partial charge >= 0.3 is 12.8 Å². The van der Waals surface area contributed by atoms with Crippen LogP contribution < -0.4 is 10.6 Å². The Kier molecular flexibility index (Phi) is 2.84. The number of nitrogens with one attached hydrogen (secondary N) is 2. The van der Waals surface area contributed by atoms with Gasteiger partial charge in [0.05, 0.1) is 0 Å². The van der Waals surface area contributed by atoms with Gasteiger partial charge in [0.1, 0.15) is 0 Å². The third-order valence-electron chi connectivity index (χ3n) is 1.25. The molecule has 0 fully saturated rings. The molecule has 12 heavy (non-hydrogen) atoms. The maximum atomic E-state index is 9.91. The minimum atomic E-state index is 0.574. The van der Waals surface area contributed by atoms with E-state index in [1.807, 2.05) is 0 Å². The quantitative estimate of drug-likeness (QED) is 0.638. The molecule has 0 bridgehead atoms. The normalized spacial score (nSPS) is 8.67. The van der Waals surface area contributed by atoms with Crippen LogP contribution in [0.2, 0.25) is 0 Å². The van der Waals surface area contributed by atoms with Crippen LogP contribution in [-0.2, 0) is 9.59 Å². The molecule has 4 heteroatoms. The van der Waals surface area contributed by atoms with E-state index < -0.39 is 0 Å². The average Bonchev–Trinajstić information content (AvgIpc) is 2.06. The second-order valence-electron chi connectivity index (χ2n) is 2.03. The molecule has 1 rings (SSSR count). The van der Waals surface area contributed by atoms with Gasteiger partial charge in [-0.2, -0.15) is 0 Å². The fraction of sp³-hybridized carbons (Fsp3) is 0. The Morgan fingerprint density at radius 3 is 1.92 bits per heavy atom. The molecule has 0 heterocycles. The van der Waals surface area contributed by atoms with Crippen molar-refractivity contribution in [2.24, 2.45) is 0 Å². The Morgan fingerprint density at radius 1 is 1.00 bits per heavy atom. The van der Waals surface area contributed by atoms with Crippen LogP contribution in [0.1, 0.15) is 0 Å². The Bertz CT molecular complexity index is 261. The molecule has 2 radical (unpaired) electrons. The van der Waals surface area contributed by atoms with Crippen molar-refractivity contribution in [3.05, 3.63) is 24.3 Å². The van der Waals surface area contributed by atoms with E-state index in [1.54, 1.807) is 24.3 Å². The summed E-state index contributed by atoms with van der Waals surface area (Å²) in [5.41, 5.74) is 1.15. The zero-order chi connectivity index (χ0) is 8.81. The van der Waals surface area contributed by atoms with Gasteiger partial charge in [-0.3, -0.25) is 9.59 Å². The smallest absolute Gasteiger partial charge is 0.314 e. The summed E-state index contributed by atoms with van der Waals surface area (Å²) in [5, 5.41) is 4.66. The molecular formula is C8H6N2O2. The number of hydrogen-bond donors (Lipinski definition) is 2. The predicted octanol–water partition coefficient (Wildman–Crippen LogP) is 0.645. The monoisotopic (exact) mass is 162 g/mol. The Labute approximate surface area is 69.6 Å². The number of anilines is 2. The van der Waals surface area contributed by atoms with E-state index in [0.29, 0.717) is 11.4 Å². The van der Waals surface area contributed by atoms with Crippen molar-refractivity contribution >= 4 is 24.2 Å². The third-order valence-corrected chi connectivity index (χ3v) is 1.25. The molecular weight excluding hydrogens is 156 g/mol. The summed E-state index contributed by atoms with van der Waals surface area (Å²) < 4.78 is 0. The van der Waals surface area contributed by atoms with Crippen molar-refractivity contribution in [1.82, 2.24) is 0 Å². The van der Waals surface area contributed by atoms with Gasteiger partial charge in [-0.1, -0.05) is 6.07 Å². The number of rotatable bonds is 4. The number of hydrogen-bond acceptors (Lipinski definition) is 2. The van der Waals surface area contributed by atoms with Crippen molar-refractivity contribution in [2.75, 3.05) is 10.6 Å². The Balaban J connectivity index is 2.79. The molecule has 2 N–H and O–H groups in total. The summed E-state index contributed by atoms with van der Waals surface area (Å²) in [5.74, 6) is 0. The first kappa shape index (κ1) is 8.26. The van der Waals surface area contributed by atoms with E-state index in [-0.39, 0.29) is 0 Å². The number of amides is 2. The van der Waals surface area contributed by atoms with E-state index in [2.05, 4.69) is 10.6 Å². The van der Waals surface area contributed by atoms with E-state index in [9.17, 15) is 9.59 Å². The topological polar surface area (TPSA) is 58.2 Å². The molecule has 0 saturated carbocycles. The van der Waals surface area contributed by atoms with Gasteiger partial charge in [-0.15, -0.1) is 0 Å². The highest BCUT2D eigenvalue weighted by molar-refractivity contribution is 5.78. The lowest BCUT2D eigenvalue weighted by atomic mass is 10.3. The van der Waals surface area contributed by atoms with Crippen LogP contribution in [-0.4, -0.2) is 12.8 Å². The van der Waals surface area contributed by atoms with Crippen LogP contribution >= 0.6 is 0 Å². The molecule has 4 nitrogen and oxygen atoms in total. The van der Waals surface area contributed by atoms with E-state index in [4.69, 9.17) is 0 Å². The molecule has 0 aliphatic rings. The third kappa shape index (κ3) is 2.09. The highest BCUT2D eigenvalue weighted by Crippen LogP contribution is 2.13. The zero-order valence-corrected chi connectivity index (χ0v) is 6.13. The van der Waals surface area contributed by atoms with Gasteiger partial charge in [0.25, 0.3) is 0 Å². The predicted molar refractivity (Wildman–Crippen MR) is 45.1 cm³/mol. The lowest BCUT2D eigenvalue weighted by molar-refractivity contribution is 0.560. The van der Waals surface area contributed by atoms with Gasteiger partial charge in [0.15, 0.2) is 0 Å². The molecule has 0 saturated heterocycles. The number of carbonyl (C=O) groups excluding carboxylic acids is 2. The van der Waals surface area contributed by atoms with Crippen LogP contribution in [0.5, 0.6) is 0 Å². The number of benzene rings is 1. The van der Waals surface area contributed by atoms with Crippen LogP contribution in [0.25, 0.3) is 0 Å². The Hall–Kier alpha value is -1.84. The van der Waals surface area contributed by atoms with Crippen molar-refractivity contribution < 1.29 is 9.59 Å². The van der Waals surface area contributed by atoms with Gasteiger partial charge < -0.3 is 10.6 Å². The standard InChI is InChI=1S/C8H6N2O2/c11-5-9-7-2-1-3-8(4-7)10-6-12/h1-4H,(H,9,11)(H,10,12). The van der Waals surface area contributed by atoms with E-state index in [0.717, 1.165) is 0 Å². The van der Waals surface area contributed by atoms with Crippen LogP contribution in [0.4, 0.5) is 11.4 Å². The molecule has 2 amide bonds. The van der Waals surface area contributed by atoms with Crippen molar-refractivity contribution in [2.45, 2.75) is 0 Å². The van der Waals surface area contributed by atoms with Gasteiger partial charge in [0, 0.05) is 11.4 Å². The van der Waals surface area contributed by atoms with Gasteiger partial charge in [-0.25, -0.2) is 0 Å². The highest BCUT2D eigenvalue weighted by atomic mass is 16.1. The zero-order valence-electron chi connectivity index (χ0n) is 6.13. The van der Waals surface area contributed by atoms with Gasteiger partial charge in [-0.05, 0) is 18.2 Å². The minimum Gasteiger partial charge on any atom is -0.318 e. The second-order valence-corrected chi connectivity index (χ2v) is 2.03.